The Balaban J connectivity index is 2.92. The first-order valence-electron chi connectivity index (χ1n) is 5.19. The molecule has 0 aliphatic carbocycles. The third-order valence-corrected chi connectivity index (χ3v) is 5.12. The highest BCUT2D eigenvalue weighted by Gasteiger charge is 2.27. The molecule has 1 aromatic carbocycles. The summed E-state index contributed by atoms with van der Waals surface area (Å²) in [6.07, 6.45) is 0. The van der Waals surface area contributed by atoms with Crippen LogP contribution < -0.4 is 5.19 Å². The van der Waals surface area contributed by atoms with E-state index in [-0.39, 0.29) is 5.82 Å². The summed E-state index contributed by atoms with van der Waals surface area (Å²) < 4.78 is 20.7. The Bertz CT molecular complexity index is 554. The zero-order valence-electron chi connectivity index (χ0n) is 9.82. The number of fused-ring (bicyclic) bond motifs is 1. The molecule has 0 aliphatic heterocycles. The van der Waals surface area contributed by atoms with E-state index < -0.39 is 8.07 Å². The summed E-state index contributed by atoms with van der Waals surface area (Å²) in [6.45, 7) is 8.23. The number of benzene rings is 1. The molecule has 1 nitrogen and oxygen atoms in total. The highest BCUT2D eigenvalue weighted by molar-refractivity contribution is 14.1. The van der Waals surface area contributed by atoms with Gasteiger partial charge < -0.3 is 4.42 Å². The van der Waals surface area contributed by atoms with E-state index in [0.29, 0.717) is 5.56 Å². The molecule has 0 bridgehead atoms. The first-order chi connectivity index (χ1) is 7.30. The van der Waals surface area contributed by atoms with Crippen molar-refractivity contribution in [1.82, 2.24) is 0 Å². The minimum absolute atomic E-state index is 0.0857. The summed E-state index contributed by atoms with van der Waals surface area (Å²) in [4.78, 5) is 0. The van der Waals surface area contributed by atoms with Crippen molar-refractivity contribution >= 4 is 46.8 Å². The van der Waals surface area contributed by atoms with Gasteiger partial charge in [0.1, 0.15) is 11.4 Å². The van der Waals surface area contributed by atoms with Crippen LogP contribution in [0.2, 0.25) is 19.6 Å². The maximum Gasteiger partial charge on any atom is 0.165 e. The lowest BCUT2D eigenvalue weighted by Gasteiger charge is -2.18. The highest BCUT2D eigenvalue weighted by Crippen LogP contribution is 2.25. The summed E-state index contributed by atoms with van der Waals surface area (Å²) in [5.74, 6) is -0.0857. The van der Waals surface area contributed by atoms with Gasteiger partial charge in [-0.2, -0.15) is 0 Å². The SMILES string of the molecule is Cc1cc2cc(I)oc2c([Si](C)(C)C)c1F. The van der Waals surface area contributed by atoms with E-state index in [2.05, 4.69) is 42.2 Å². The molecule has 2 aromatic rings. The molecule has 0 spiro atoms. The van der Waals surface area contributed by atoms with Crippen LogP contribution in [0, 0.1) is 16.5 Å². The van der Waals surface area contributed by atoms with Crippen LogP contribution in [-0.2, 0) is 0 Å². The van der Waals surface area contributed by atoms with Gasteiger partial charge in [-0.15, -0.1) is 0 Å². The summed E-state index contributed by atoms with van der Waals surface area (Å²) in [6, 6.07) is 3.83. The normalized spacial score (nSPS) is 12.4. The molecule has 0 amide bonds. The van der Waals surface area contributed by atoms with Crippen LogP contribution in [0.15, 0.2) is 16.5 Å². The molecule has 0 saturated heterocycles. The molecule has 1 heterocycles. The second kappa shape index (κ2) is 3.84. The van der Waals surface area contributed by atoms with E-state index in [0.717, 1.165) is 19.9 Å². The van der Waals surface area contributed by atoms with Crippen molar-refractivity contribution in [3.05, 3.63) is 27.3 Å². The number of furan rings is 1. The van der Waals surface area contributed by atoms with Crippen LogP contribution in [0.4, 0.5) is 4.39 Å². The van der Waals surface area contributed by atoms with Gasteiger partial charge in [0.05, 0.1) is 8.07 Å². The maximum absolute atomic E-state index is 14.2. The second-order valence-electron chi connectivity index (χ2n) is 5.10. The minimum Gasteiger partial charge on any atom is -0.450 e. The summed E-state index contributed by atoms with van der Waals surface area (Å²) in [5, 5.41) is 1.83. The van der Waals surface area contributed by atoms with Crippen LogP contribution in [0.5, 0.6) is 0 Å². The number of hydrogen-bond acceptors (Lipinski definition) is 1. The fraction of sp³-hybridized carbons (Fsp3) is 0.333. The monoisotopic (exact) mass is 348 g/mol. The standard InChI is InChI=1S/C12H14FIOSi/c1-7-5-8-6-9(14)15-11(8)12(10(7)13)16(2,3)4/h5-6H,1-4H3. The molecule has 0 fully saturated rings. The Morgan fingerprint density at radius 3 is 2.44 bits per heavy atom. The molecule has 0 N–H and O–H groups in total. The van der Waals surface area contributed by atoms with Gasteiger partial charge in [0.15, 0.2) is 3.77 Å². The first kappa shape index (κ1) is 12.1. The van der Waals surface area contributed by atoms with Crippen LogP contribution in [0.3, 0.4) is 0 Å². The van der Waals surface area contributed by atoms with Crippen molar-refractivity contribution in [1.29, 1.82) is 0 Å². The van der Waals surface area contributed by atoms with Crippen molar-refractivity contribution in [2.45, 2.75) is 26.6 Å². The predicted molar refractivity (Wildman–Crippen MR) is 76.6 cm³/mol. The van der Waals surface area contributed by atoms with E-state index in [1.807, 2.05) is 19.1 Å². The molecule has 0 saturated carbocycles. The lowest BCUT2D eigenvalue weighted by molar-refractivity contribution is 0.578. The Hall–Kier alpha value is -0.363. The molecular weight excluding hydrogens is 334 g/mol. The van der Waals surface area contributed by atoms with Crippen LogP contribution in [0.25, 0.3) is 11.0 Å². The highest BCUT2D eigenvalue weighted by atomic mass is 127. The van der Waals surface area contributed by atoms with Gasteiger partial charge in [0, 0.05) is 10.6 Å². The van der Waals surface area contributed by atoms with E-state index in [1.54, 1.807) is 0 Å². The molecule has 0 radical (unpaired) electrons. The summed E-state index contributed by atoms with van der Waals surface area (Å²) in [7, 11) is -1.73. The lowest BCUT2D eigenvalue weighted by atomic mass is 10.2. The van der Waals surface area contributed by atoms with Crippen molar-refractivity contribution < 1.29 is 8.81 Å². The average Bonchev–Trinajstić information content (AvgIpc) is 2.43. The zero-order chi connectivity index (χ0) is 12.1. The molecule has 86 valence electrons. The molecule has 0 aliphatic rings. The van der Waals surface area contributed by atoms with Gasteiger partial charge in [0.25, 0.3) is 0 Å². The van der Waals surface area contributed by atoms with Gasteiger partial charge >= 0.3 is 0 Å². The lowest BCUT2D eigenvalue weighted by Crippen LogP contribution is -2.40. The third kappa shape index (κ3) is 1.92. The largest absolute Gasteiger partial charge is 0.450 e. The fourth-order valence-corrected chi connectivity index (χ4v) is 4.23. The quantitative estimate of drug-likeness (QED) is 0.560. The predicted octanol–water partition coefficient (Wildman–Crippen LogP) is 4.03. The smallest absolute Gasteiger partial charge is 0.165 e. The number of hydrogen-bond donors (Lipinski definition) is 0. The minimum atomic E-state index is -1.73. The Kier molecular flexibility index (Phi) is 2.90. The van der Waals surface area contributed by atoms with Gasteiger partial charge in [-0.1, -0.05) is 19.6 Å². The van der Waals surface area contributed by atoms with Gasteiger partial charge in [0.2, 0.25) is 0 Å². The fourth-order valence-electron chi connectivity index (χ4n) is 1.94. The molecule has 16 heavy (non-hydrogen) atoms. The third-order valence-electron chi connectivity index (χ3n) is 2.65. The van der Waals surface area contributed by atoms with Gasteiger partial charge in [-0.3, -0.25) is 0 Å². The zero-order valence-corrected chi connectivity index (χ0v) is 13.0. The molecule has 1 aromatic heterocycles. The number of rotatable bonds is 1. The average molecular weight is 348 g/mol. The van der Waals surface area contributed by atoms with Crippen LogP contribution in [-0.4, -0.2) is 8.07 Å². The maximum atomic E-state index is 14.2. The Labute approximate surface area is 109 Å². The van der Waals surface area contributed by atoms with E-state index in [1.165, 1.54) is 0 Å². The van der Waals surface area contributed by atoms with Gasteiger partial charge in [-0.05, 0) is 47.2 Å². The van der Waals surface area contributed by atoms with Crippen molar-refractivity contribution in [2.24, 2.45) is 0 Å². The second-order valence-corrected chi connectivity index (χ2v) is 11.2. The van der Waals surface area contributed by atoms with E-state index >= 15 is 0 Å². The van der Waals surface area contributed by atoms with Crippen molar-refractivity contribution in [3.63, 3.8) is 0 Å². The number of halogens is 2. The number of aryl methyl sites for hydroxylation is 1. The first-order valence-corrected chi connectivity index (χ1v) is 9.77. The molecule has 2 rings (SSSR count). The topological polar surface area (TPSA) is 13.1 Å². The summed E-state index contributed by atoms with van der Waals surface area (Å²) in [5.41, 5.74) is 1.45. The van der Waals surface area contributed by atoms with Crippen molar-refractivity contribution in [3.8, 4) is 0 Å². The molecular formula is C12H14FIOSi. The van der Waals surface area contributed by atoms with E-state index in [9.17, 15) is 4.39 Å². The van der Waals surface area contributed by atoms with Crippen LogP contribution in [0.1, 0.15) is 5.56 Å². The Morgan fingerprint density at radius 1 is 1.25 bits per heavy atom. The van der Waals surface area contributed by atoms with Crippen LogP contribution >= 0.6 is 22.6 Å². The molecule has 4 heteroatoms. The van der Waals surface area contributed by atoms with Crippen molar-refractivity contribution in [2.75, 3.05) is 0 Å². The molecule has 0 atom stereocenters. The van der Waals surface area contributed by atoms with Gasteiger partial charge in [-0.25, -0.2) is 4.39 Å². The Morgan fingerprint density at radius 2 is 1.88 bits per heavy atom. The summed E-state index contributed by atoms with van der Waals surface area (Å²) >= 11 is 2.13. The van der Waals surface area contributed by atoms with E-state index in [4.69, 9.17) is 4.42 Å². The molecule has 0 unspecified atom stereocenters.